The van der Waals surface area contributed by atoms with Crippen LogP contribution in [-0.2, 0) is 9.09 Å². The van der Waals surface area contributed by atoms with Gasteiger partial charge in [-0.1, -0.05) is 28.6 Å². The summed E-state index contributed by atoms with van der Waals surface area (Å²) in [6.45, 7) is 0. The molecule has 0 aliphatic heterocycles. The summed E-state index contributed by atoms with van der Waals surface area (Å²) in [7, 11) is -2.88. The van der Waals surface area contributed by atoms with E-state index in [0.717, 1.165) is 7.11 Å². The van der Waals surface area contributed by atoms with E-state index < -0.39 is 7.75 Å². The molecule has 1 rings (SSSR count). The Hall–Kier alpha value is -0.740. The van der Waals surface area contributed by atoms with Crippen molar-refractivity contribution in [2.75, 3.05) is 7.11 Å². The van der Waals surface area contributed by atoms with Crippen molar-refractivity contribution in [3.8, 4) is 0 Å². The molecule has 0 fully saturated rings. The van der Waals surface area contributed by atoms with Crippen LogP contribution >= 0.6 is 19.3 Å². The summed E-state index contributed by atoms with van der Waals surface area (Å²) in [6.07, 6.45) is 0. The maximum atomic E-state index is 10.9. The molecule has 0 aliphatic rings. The highest BCUT2D eigenvalue weighted by atomic mass is 35.5. The summed E-state index contributed by atoms with van der Waals surface area (Å²) in [5.74, 6) is 0. The Morgan fingerprint density at radius 1 is 1.50 bits per heavy atom. The van der Waals surface area contributed by atoms with Gasteiger partial charge in [-0.25, -0.2) is 4.57 Å². The minimum atomic E-state index is -3.96. The van der Waals surface area contributed by atoms with E-state index in [0.29, 0.717) is 10.7 Å². The first-order chi connectivity index (χ1) is 6.55. The van der Waals surface area contributed by atoms with Gasteiger partial charge in [0, 0.05) is 7.11 Å². The maximum Gasteiger partial charge on any atom is 0.469 e. The summed E-state index contributed by atoms with van der Waals surface area (Å²) in [4.78, 5) is 12.0. The second-order valence-electron chi connectivity index (χ2n) is 2.31. The zero-order valence-corrected chi connectivity index (χ0v) is 8.94. The Balaban J connectivity index is 2.89. The van der Waals surface area contributed by atoms with E-state index >= 15 is 0 Å². The van der Waals surface area contributed by atoms with Crippen molar-refractivity contribution < 1.29 is 14.0 Å². The quantitative estimate of drug-likeness (QED) is 0.645. The molecule has 0 aliphatic carbocycles. The summed E-state index contributed by atoms with van der Waals surface area (Å²) < 4.78 is 15.1. The summed E-state index contributed by atoms with van der Waals surface area (Å²) in [6, 6.07) is 6.58. The molecular formula is C7H8ClN2O3P. The lowest BCUT2D eigenvalue weighted by molar-refractivity contribution is 0.315. The highest BCUT2D eigenvalue weighted by molar-refractivity contribution is 7.51. The largest absolute Gasteiger partial charge is 0.469 e. The van der Waals surface area contributed by atoms with E-state index in [4.69, 9.17) is 16.5 Å². The monoisotopic (exact) mass is 234 g/mol. The van der Waals surface area contributed by atoms with Gasteiger partial charge in [-0.2, -0.15) is 0 Å². The van der Waals surface area contributed by atoms with Gasteiger partial charge in [-0.15, -0.1) is 5.11 Å². The molecule has 0 spiro atoms. The molecule has 0 radical (unpaired) electrons. The zero-order valence-electron chi connectivity index (χ0n) is 7.29. The molecule has 0 saturated heterocycles. The molecule has 1 aromatic carbocycles. The van der Waals surface area contributed by atoms with Crippen LogP contribution in [0.4, 0.5) is 5.69 Å². The number of hydrogen-bond acceptors (Lipinski definition) is 3. The summed E-state index contributed by atoms with van der Waals surface area (Å²) >= 11 is 5.73. The molecule has 0 saturated carbocycles. The Labute approximate surface area is 86.0 Å². The van der Waals surface area contributed by atoms with Crippen molar-refractivity contribution in [3.05, 3.63) is 29.3 Å². The van der Waals surface area contributed by atoms with Gasteiger partial charge in [0.25, 0.3) is 0 Å². The average Bonchev–Trinajstić information content (AvgIpc) is 2.17. The molecule has 0 aromatic heterocycles. The van der Waals surface area contributed by atoms with Crippen LogP contribution in [0, 0.1) is 0 Å². The van der Waals surface area contributed by atoms with Crippen molar-refractivity contribution in [1.29, 1.82) is 0 Å². The van der Waals surface area contributed by atoms with Crippen LogP contribution in [0.1, 0.15) is 0 Å². The molecule has 0 heterocycles. The minimum Gasteiger partial charge on any atom is -0.306 e. The van der Waals surface area contributed by atoms with E-state index in [2.05, 4.69) is 14.5 Å². The Morgan fingerprint density at radius 3 is 2.71 bits per heavy atom. The minimum absolute atomic E-state index is 0.320. The second kappa shape index (κ2) is 4.66. The van der Waals surface area contributed by atoms with Crippen molar-refractivity contribution in [2.45, 2.75) is 0 Å². The second-order valence-corrected chi connectivity index (χ2v) is 4.25. The molecule has 1 atom stereocenters. The van der Waals surface area contributed by atoms with Gasteiger partial charge in [0.1, 0.15) is 5.69 Å². The van der Waals surface area contributed by atoms with Gasteiger partial charge in [0.2, 0.25) is 0 Å². The number of nitrogens with zero attached hydrogens (tertiary/aromatic N) is 2. The smallest absolute Gasteiger partial charge is 0.306 e. The Bertz CT molecular complexity index is 396. The van der Waals surface area contributed by atoms with E-state index in [1.807, 2.05) is 0 Å². The highest BCUT2D eigenvalue weighted by Gasteiger charge is 2.15. The molecule has 76 valence electrons. The maximum absolute atomic E-state index is 10.9. The van der Waals surface area contributed by atoms with Crippen molar-refractivity contribution >= 4 is 25.0 Å². The first-order valence-electron chi connectivity index (χ1n) is 3.61. The van der Waals surface area contributed by atoms with Gasteiger partial charge in [-0.3, -0.25) is 4.52 Å². The fraction of sp³-hybridized carbons (Fsp3) is 0.143. The molecule has 1 aromatic rings. The Kier molecular flexibility index (Phi) is 3.77. The molecule has 1 N–H and O–H groups in total. The third kappa shape index (κ3) is 3.20. The topological polar surface area (TPSA) is 71.2 Å². The lowest BCUT2D eigenvalue weighted by Crippen LogP contribution is -1.76. The fourth-order valence-electron chi connectivity index (χ4n) is 0.674. The highest BCUT2D eigenvalue weighted by Crippen LogP contribution is 2.44. The van der Waals surface area contributed by atoms with E-state index in [1.165, 1.54) is 0 Å². The normalized spacial score (nSPS) is 15.6. The van der Waals surface area contributed by atoms with Crippen LogP contribution in [0.15, 0.2) is 34.3 Å². The predicted molar refractivity (Wildman–Crippen MR) is 52.8 cm³/mol. The van der Waals surface area contributed by atoms with Crippen molar-refractivity contribution in [3.63, 3.8) is 0 Å². The third-order valence-corrected chi connectivity index (χ3v) is 2.47. The Morgan fingerprint density at radius 2 is 2.14 bits per heavy atom. The molecule has 0 amide bonds. The van der Waals surface area contributed by atoms with Crippen LogP contribution < -0.4 is 0 Å². The van der Waals surface area contributed by atoms with Gasteiger partial charge < -0.3 is 4.89 Å². The molecule has 7 heteroatoms. The van der Waals surface area contributed by atoms with Gasteiger partial charge >= 0.3 is 7.75 Å². The van der Waals surface area contributed by atoms with Crippen LogP contribution in [0.3, 0.4) is 0 Å². The first-order valence-corrected chi connectivity index (χ1v) is 5.52. The van der Waals surface area contributed by atoms with Crippen molar-refractivity contribution in [1.82, 2.24) is 0 Å². The number of rotatable bonds is 3. The van der Waals surface area contributed by atoms with Crippen LogP contribution in [0.2, 0.25) is 5.02 Å². The number of halogens is 1. The lowest BCUT2D eigenvalue weighted by atomic mass is 10.3. The van der Waals surface area contributed by atoms with Gasteiger partial charge in [0.15, 0.2) is 0 Å². The van der Waals surface area contributed by atoms with E-state index in [1.54, 1.807) is 24.3 Å². The van der Waals surface area contributed by atoms with Gasteiger partial charge in [0.05, 0.1) is 5.02 Å². The number of benzene rings is 1. The van der Waals surface area contributed by atoms with Crippen LogP contribution in [0.25, 0.3) is 0 Å². The average molecular weight is 235 g/mol. The summed E-state index contributed by atoms with van der Waals surface area (Å²) in [5, 5.41) is 3.86. The van der Waals surface area contributed by atoms with E-state index in [9.17, 15) is 4.57 Å². The molecule has 1 unspecified atom stereocenters. The lowest BCUT2D eigenvalue weighted by Gasteiger charge is -1.99. The zero-order chi connectivity index (χ0) is 10.6. The SMILES string of the molecule is COP(=O)(O)N=Nc1ccccc1Cl. The summed E-state index contributed by atoms with van der Waals surface area (Å²) in [5.41, 5.74) is 0.320. The molecular weight excluding hydrogens is 227 g/mol. The van der Waals surface area contributed by atoms with Crippen molar-refractivity contribution in [2.24, 2.45) is 10.00 Å². The van der Waals surface area contributed by atoms with E-state index in [-0.39, 0.29) is 0 Å². The molecule has 14 heavy (non-hydrogen) atoms. The molecule has 0 bridgehead atoms. The third-order valence-electron chi connectivity index (χ3n) is 1.36. The number of hydrogen-bond donors (Lipinski definition) is 1. The van der Waals surface area contributed by atoms with Crippen LogP contribution in [-0.4, -0.2) is 12.0 Å². The first kappa shape index (κ1) is 11.3. The predicted octanol–water partition coefficient (Wildman–Crippen LogP) is 3.17. The fourth-order valence-corrected chi connectivity index (χ4v) is 1.13. The molecule has 5 nitrogen and oxygen atoms in total. The van der Waals surface area contributed by atoms with Crippen LogP contribution in [0.5, 0.6) is 0 Å². The standard InChI is InChI=1S/C7H8ClN2O3P/c1-13-14(11,12)10-9-7-5-3-2-4-6(7)8/h2-5H,1H3,(H,11,12). The van der Waals surface area contributed by atoms with Gasteiger partial charge in [-0.05, 0) is 12.1 Å².